The summed E-state index contributed by atoms with van der Waals surface area (Å²) in [5, 5.41) is 13.7. The van der Waals surface area contributed by atoms with E-state index < -0.39 is 11.8 Å². The lowest BCUT2D eigenvalue weighted by Gasteiger charge is -2.04. The Hall–Kier alpha value is -2.28. The van der Waals surface area contributed by atoms with Gasteiger partial charge in [0.15, 0.2) is 11.3 Å². The van der Waals surface area contributed by atoms with Crippen LogP contribution < -0.4 is 0 Å². The number of hydrogen-bond acceptors (Lipinski definition) is 3. The third-order valence-corrected chi connectivity index (χ3v) is 4.37. The van der Waals surface area contributed by atoms with Crippen molar-refractivity contribution in [2.24, 2.45) is 0 Å². The first kappa shape index (κ1) is 14.3. The second-order valence-electron chi connectivity index (χ2n) is 5.57. The molecule has 0 radical (unpaired) electrons. The van der Waals surface area contributed by atoms with Crippen LogP contribution in [0.4, 0.5) is 4.39 Å². The fraction of sp³-hybridized carbons (Fsp3) is 0.188. The Labute approximate surface area is 138 Å². The van der Waals surface area contributed by atoms with Gasteiger partial charge in [-0.15, -0.1) is 0 Å². The number of aromatic carboxylic acids is 1. The lowest BCUT2D eigenvalue weighted by Crippen LogP contribution is -2.06. The average molecular weight is 376 g/mol. The van der Waals surface area contributed by atoms with Crippen LogP contribution in [0, 0.1) is 5.82 Å². The largest absolute Gasteiger partial charge is 0.477 e. The Morgan fingerprint density at radius 1 is 1.30 bits per heavy atom. The highest BCUT2D eigenvalue weighted by molar-refractivity contribution is 9.10. The maximum absolute atomic E-state index is 14.1. The number of carbonyl (C=O) groups is 1. The van der Waals surface area contributed by atoms with E-state index in [-0.39, 0.29) is 5.69 Å². The minimum absolute atomic E-state index is 0.0119. The highest BCUT2D eigenvalue weighted by atomic mass is 79.9. The van der Waals surface area contributed by atoms with Crippen molar-refractivity contribution in [2.45, 2.75) is 18.8 Å². The van der Waals surface area contributed by atoms with Crippen molar-refractivity contribution < 1.29 is 14.3 Å². The lowest BCUT2D eigenvalue weighted by molar-refractivity contribution is 0.0690. The van der Waals surface area contributed by atoms with Gasteiger partial charge in [0.25, 0.3) is 0 Å². The smallest absolute Gasteiger partial charge is 0.354 e. The van der Waals surface area contributed by atoms with E-state index in [0.717, 1.165) is 18.5 Å². The standard InChI is InChI=1S/C16H11BrFN3O2/c17-9-3-4-10(11(18)5-9)12-7-15-19-13(16(22)23)6-14(8-1-2-8)21(15)20-12/h3-8H,1-2H2,(H,22,23). The zero-order valence-corrected chi connectivity index (χ0v) is 13.4. The van der Waals surface area contributed by atoms with Gasteiger partial charge in [0.05, 0.1) is 5.69 Å². The molecule has 0 saturated heterocycles. The molecule has 1 aliphatic carbocycles. The molecule has 5 nitrogen and oxygen atoms in total. The Morgan fingerprint density at radius 3 is 2.74 bits per heavy atom. The van der Waals surface area contributed by atoms with Gasteiger partial charge in [0.2, 0.25) is 0 Å². The molecule has 1 aromatic carbocycles. The van der Waals surface area contributed by atoms with Crippen molar-refractivity contribution in [2.75, 3.05) is 0 Å². The van der Waals surface area contributed by atoms with E-state index in [4.69, 9.17) is 0 Å². The van der Waals surface area contributed by atoms with Crippen molar-refractivity contribution >= 4 is 27.5 Å². The molecular formula is C16H11BrFN3O2. The predicted molar refractivity (Wildman–Crippen MR) is 85.0 cm³/mol. The zero-order valence-electron chi connectivity index (χ0n) is 11.8. The van der Waals surface area contributed by atoms with Crippen LogP contribution in [0.15, 0.2) is 34.8 Å². The molecule has 0 bridgehead atoms. The molecule has 1 saturated carbocycles. The fourth-order valence-electron chi connectivity index (χ4n) is 2.61. The number of carboxylic acid groups (broad SMARTS) is 1. The maximum Gasteiger partial charge on any atom is 0.354 e. The topological polar surface area (TPSA) is 67.5 Å². The van der Waals surface area contributed by atoms with Crippen LogP contribution in [0.25, 0.3) is 16.9 Å². The summed E-state index contributed by atoms with van der Waals surface area (Å²) in [5.74, 6) is -1.18. The first-order valence-electron chi connectivity index (χ1n) is 7.12. The molecule has 1 N–H and O–H groups in total. The normalized spacial score (nSPS) is 14.3. The molecule has 0 spiro atoms. The molecule has 23 heavy (non-hydrogen) atoms. The monoisotopic (exact) mass is 375 g/mol. The molecule has 1 aliphatic rings. The zero-order chi connectivity index (χ0) is 16.1. The van der Waals surface area contributed by atoms with Crippen LogP contribution >= 0.6 is 15.9 Å². The molecule has 1 fully saturated rings. The van der Waals surface area contributed by atoms with Gasteiger partial charge < -0.3 is 5.11 Å². The first-order valence-corrected chi connectivity index (χ1v) is 7.91. The highest BCUT2D eigenvalue weighted by Gasteiger charge is 2.28. The lowest BCUT2D eigenvalue weighted by atomic mass is 10.1. The molecule has 0 aliphatic heterocycles. The second kappa shape index (κ2) is 5.13. The predicted octanol–water partition coefficient (Wildman–Crippen LogP) is 3.87. The minimum atomic E-state index is -1.08. The van der Waals surface area contributed by atoms with Crippen molar-refractivity contribution in [1.82, 2.24) is 14.6 Å². The number of carboxylic acids is 1. The number of fused-ring (bicyclic) bond motifs is 1. The molecule has 2 aromatic heterocycles. The van der Waals surface area contributed by atoms with Crippen molar-refractivity contribution in [1.29, 1.82) is 0 Å². The molecule has 3 aromatic rings. The number of halogens is 2. The Kier molecular flexibility index (Phi) is 3.19. The van der Waals surface area contributed by atoms with Gasteiger partial charge in [-0.05, 0) is 37.1 Å². The second-order valence-corrected chi connectivity index (χ2v) is 6.49. The van der Waals surface area contributed by atoms with Crippen molar-refractivity contribution in [3.05, 3.63) is 52.0 Å². The quantitative estimate of drug-likeness (QED) is 0.754. The number of aromatic nitrogens is 3. The molecule has 7 heteroatoms. The van der Waals surface area contributed by atoms with Gasteiger partial charge in [0, 0.05) is 27.7 Å². The molecule has 2 heterocycles. The van der Waals surface area contributed by atoms with Crippen LogP contribution in [0.1, 0.15) is 34.9 Å². The summed E-state index contributed by atoms with van der Waals surface area (Å²) in [5.41, 5.74) is 2.02. The molecular weight excluding hydrogens is 365 g/mol. The molecule has 116 valence electrons. The molecule has 0 atom stereocenters. The van der Waals surface area contributed by atoms with E-state index in [0.29, 0.717) is 27.3 Å². The Bertz CT molecular complexity index is 950. The molecule has 4 rings (SSSR count). The number of nitrogens with zero attached hydrogens (tertiary/aromatic N) is 3. The third kappa shape index (κ3) is 2.50. The summed E-state index contributed by atoms with van der Waals surface area (Å²) in [6, 6.07) is 7.92. The fourth-order valence-corrected chi connectivity index (χ4v) is 2.94. The number of hydrogen-bond donors (Lipinski definition) is 1. The van der Waals surface area contributed by atoms with Crippen LogP contribution in [-0.2, 0) is 0 Å². The summed E-state index contributed by atoms with van der Waals surface area (Å²) in [6.45, 7) is 0. The van der Waals surface area contributed by atoms with E-state index in [1.165, 1.54) is 6.07 Å². The van der Waals surface area contributed by atoms with Gasteiger partial charge in [-0.2, -0.15) is 5.10 Å². The Morgan fingerprint density at radius 2 is 2.09 bits per heavy atom. The summed E-state index contributed by atoms with van der Waals surface area (Å²) < 4.78 is 16.4. The summed E-state index contributed by atoms with van der Waals surface area (Å²) in [4.78, 5) is 15.4. The van der Waals surface area contributed by atoms with Crippen LogP contribution in [-0.4, -0.2) is 25.7 Å². The van der Waals surface area contributed by atoms with Crippen LogP contribution in [0.2, 0.25) is 0 Å². The third-order valence-electron chi connectivity index (χ3n) is 3.88. The summed E-state index contributed by atoms with van der Waals surface area (Å²) >= 11 is 3.22. The SMILES string of the molecule is O=C(O)c1cc(C2CC2)n2nc(-c3ccc(Br)cc3F)cc2n1. The molecule has 0 unspecified atom stereocenters. The van der Waals surface area contributed by atoms with E-state index in [9.17, 15) is 14.3 Å². The highest BCUT2D eigenvalue weighted by Crippen LogP contribution is 2.40. The minimum Gasteiger partial charge on any atom is -0.477 e. The van der Waals surface area contributed by atoms with Gasteiger partial charge in [-0.25, -0.2) is 18.7 Å². The van der Waals surface area contributed by atoms with Crippen LogP contribution in [0.5, 0.6) is 0 Å². The van der Waals surface area contributed by atoms with Gasteiger partial charge in [-0.3, -0.25) is 0 Å². The van der Waals surface area contributed by atoms with Gasteiger partial charge >= 0.3 is 5.97 Å². The number of rotatable bonds is 3. The summed E-state index contributed by atoms with van der Waals surface area (Å²) in [7, 11) is 0. The van der Waals surface area contributed by atoms with Crippen LogP contribution in [0.3, 0.4) is 0 Å². The van der Waals surface area contributed by atoms with Gasteiger partial charge in [-0.1, -0.05) is 15.9 Å². The average Bonchev–Trinajstić information content (AvgIpc) is 3.25. The van der Waals surface area contributed by atoms with E-state index >= 15 is 0 Å². The van der Waals surface area contributed by atoms with E-state index in [1.807, 2.05) is 0 Å². The summed E-state index contributed by atoms with van der Waals surface area (Å²) in [6.07, 6.45) is 2.00. The maximum atomic E-state index is 14.1. The first-order chi connectivity index (χ1) is 11.0. The number of benzene rings is 1. The van der Waals surface area contributed by atoms with E-state index in [1.54, 1.807) is 28.8 Å². The van der Waals surface area contributed by atoms with Crippen molar-refractivity contribution in [3.63, 3.8) is 0 Å². The molecule has 0 amide bonds. The van der Waals surface area contributed by atoms with Crippen molar-refractivity contribution in [3.8, 4) is 11.3 Å². The van der Waals surface area contributed by atoms with E-state index in [2.05, 4.69) is 26.0 Å². The van der Waals surface area contributed by atoms with Gasteiger partial charge in [0.1, 0.15) is 5.82 Å². The Balaban J connectivity index is 1.93.